The summed E-state index contributed by atoms with van der Waals surface area (Å²) in [6, 6.07) is 0.0663. The quantitative estimate of drug-likeness (QED) is 0.549. The molecule has 0 aromatic rings. The van der Waals surface area contributed by atoms with Crippen LogP contribution in [0.2, 0.25) is 0 Å². The third-order valence-corrected chi connectivity index (χ3v) is 4.83. The van der Waals surface area contributed by atoms with Crippen LogP contribution in [0.3, 0.4) is 0 Å². The molecule has 3 N–H and O–H groups in total. The average Bonchev–Trinajstić information content (AvgIpc) is 2.53. The average molecular weight is 217 g/mol. The number of rotatable bonds is 5. The Morgan fingerprint density at radius 1 is 1.64 bits per heavy atom. The molecule has 1 rings (SSSR count). The van der Waals surface area contributed by atoms with Gasteiger partial charge in [-0.3, -0.25) is 4.57 Å². The van der Waals surface area contributed by atoms with Crippen molar-refractivity contribution in [3.8, 4) is 0 Å². The van der Waals surface area contributed by atoms with Crippen molar-refractivity contribution in [1.82, 2.24) is 0 Å². The maximum Gasteiger partial charge on any atom is 0.225 e. The van der Waals surface area contributed by atoms with Gasteiger partial charge in [-0.2, -0.15) is 0 Å². The van der Waals surface area contributed by atoms with Gasteiger partial charge in [0, 0.05) is 17.5 Å². The Morgan fingerprint density at radius 2 is 2.36 bits per heavy atom. The van der Waals surface area contributed by atoms with Crippen LogP contribution in [0.1, 0.15) is 39.0 Å². The predicted octanol–water partition coefficient (Wildman–Crippen LogP) is 2.45. The highest BCUT2D eigenvalue weighted by Crippen LogP contribution is 2.54. The van der Waals surface area contributed by atoms with E-state index in [0.29, 0.717) is 17.9 Å². The highest BCUT2D eigenvalue weighted by atomic mass is 31.2. The summed E-state index contributed by atoms with van der Waals surface area (Å²) in [5.41, 5.74) is 5.69. The number of hydrogen-bond acceptors (Lipinski definition) is 2. The zero-order valence-corrected chi connectivity index (χ0v) is 9.67. The smallest absolute Gasteiger partial charge is 0.225 e. The fraction of sp³-hybridized carbons (Fsp3) is 0.800. The van der Waals surface area contributed by atoms with Crippen LogP contribution in [0.5, 0.6) is 0 Å². The molecule has 0 radical (unpaired) electrons. The summed E-state index contributed by atoms with van der Waals surface area (Å²) in [5.74, 6) is 0. The fourth-order valence-corrected chi connectivity index (χ4v) is 3.58. The first-order valence-corrected chi connectivity index (χ1v) is 7.17. The Hall–Kier alpha value is -0.110. The fourth-order valence-electron chi connectivity index (χ4n) is 1.73. The van der Waals surface area contributed by atoms with Gasteiger partial charge in [-0.25, -0.2) is 0 Å². The molecule has 0 saturated heterocycles. The molecule has 0 saturated carbocycles. The normalized spacial score (nSPS) is 25.9. The molecule has 1 aliphatic rings. The minimum atomic E-state index is -3.03. The molecule has 82 valence electrons. The number of hydrogen-bond donors (Lipinski definition) is 2. The van der Waals surface area contributed by atoms with Crippen molar-refractivity contribution in [2.45, 2.75) is 45.1 Å². The standard InChI is InChI=1S/C10H20NO2P/c1-2-3-4-7-14(12,13)10-6-5-9(11)8-10/h6,9H,2-5,7-8,11H2,1H3,(H,12,13). The van der Waals surface area contributed by atoms with Crippen LogP contribution in [0.25, 0.3) is 0 Å². The third kappa shape index (κ3) is 3.23. The highest BCUT2D eigenvalue weighted by molar-refractivity contribution is 7.62. The molecule has 0 aromatic carbocycles. The third-order valence-electron chi connectivity index (χ3n) is 2.64. The van der Waals surface area contributed by atoms with E-state index in [4.69, 9.17) is 5.73 Å². The van der Waals surface area contributed by atoms with Crippen molar-refractivity contribution < 1.29 is 9.46 Å². The molecule has 0 heterocycles. The molecular weight excluding hydrogens is 197 g/mol. The van der Waals surface area contributed by atoms with E-state index < -0.39 is 7.37 Å². The van der Waals surface area contributed by atoms with Crippen LogP contribution in [0, 0.1) is 0 Å². The van der Waals surface area contributed by atoms with Gasteiger partial charge in [-0.05, 0) is 19.3 Å². The van der Waals surface area contributed by atoms with Crippen LogP contribution in [-0.4, -0.2) is 17.1 Å². The lowest BCUT2D eigenvalue weighted by atomic mass is 10.3. The molecule has 2 atom stereocenters. The summed E-state index contributed by atoms with van der Waals surface area (Å²) < 4.78 is 11.9. The molecule has 0 amide bonds. The summed E-state index contributed by atoms with van der Waals surface area (Å²) in [5, 5.41) is 0.709. The second kappa shape index (κ2) is 5.11. The SMILES string of the molecule is CCCCCP(=O)(O)C1=CCC(N)C1. The van der Waals surface area contributed by atoms with Crippen molar-refractivity contribution in [3.05, 3.63) is 11.4 Å². The topological polar surface area (TPSA) is 63.3 Å². The lowest BCUT2D eigenvalue weighted by molar-refractivity contribution is 0.480. The minimum absolute atomic E-state index is 0.0663. The van der Waals surface area contributed by atoms with E-state index in [9.17, 15) is 9.46 Å². The van der Waals surface area contributed by atoms with Crippen molar-refractivity contribution in [2.75, 3.05) is 6.16 Å². The Morgan fingerprint density at radius 3 is 2.86 bits per heavy atom. The Kier molecular flexibility index (Phi) is 4.36. The van der Waals surface area contributed by atoms with Crippen LogP contribution in [-0.2, 0) is 4.57 Å². The second-order valence-corrected chi connectivity index (χ2v) is 6.45. The summed E-state index contributed by atoms with van der Waals surface area (Å²) >= 11 is 0. The van der Waals surface area contributed by atoms with Gasteiger partial charge in [0.05, 0.1) is 0 Å². The Balaban J connectivity index is 2.45. The maximum absolute atomic E-state index is 11.9. The summed E-state index contributed by atoms with van der Waals surface area (Å²) in [7, 11) is -3.03. The van der Waals surface area contributed by atoms with Gasteiger partial charge in [0.25, 0.3) is 0 Å². The lowest BCUT2D eigenvalue weighted by Crippen LogP contribution is -2.15. The summed E-state index contributed by atoms with van der Waals surface area (Å²) in [4.78, 5) is 9.79. The van der Waals surface area contributed by atoms with Gasteiger partial charge in [0.1, 0.15) is 0 Å². The monoisotopic (exact) mass is 217 g/mol. The summed E-state index contributed by atoms with van der Waals surface area (Å²) in [6.07, 6.45) is 6.61. The molecule has 14 heavy (non-hydrogen) atoms. The summed E-state index contributed by atoms with van der Waals surface area (Å²) in [6.45, 7) is 2.09. The van der Waals surface area contributed by atoms with Gasteiger partial charge < -0.3 is 10.6 Å². The maximum atomic E-state index is 11.9. The molecule has 0 aliphatic heterocycles. The molecule has 1 aliphatic carbocycles. The molecule has 0 spiro atoms. The highest BCUT2D eigenvalue weighted by Gasteiger charge is 2.28. The van der Waals surface area contributed by atoms with Crippen molar-refractivity contribution in [1.29, 1.82) is 0 Å². The van der Waals surface area contributed by atoms with E-state index in [-0.39, 0.29) is 6.04 Å². The van der Waals surface area contributed by atoms with Crippen LogP contribution < -0.4 is 5.73 Å². The first kappa shape index (κ1) is 12.0. The molecule has 0 aromatic heterocycles. The molecule has 0 fully saturated rings. The van der Waals surface area contributed by atoms with Gasteiger partial charge >= 0.3 is 0 Å². The number of unbranched alkanes of at least 4 members (excludes halogenated alkanes) is 2. The molecule has 3 nitrogen and oxygen atoms in total. The molecule has 4 heteroatoms. The van der Waals surface area contributed by atoms with Gasteiger partial charge in [-0.1, -0.05) is 25.8 Å². The van der Waals surface area contributed by atoms with E-state index in [1.807, 2.05) is 6.08 Å². The van der Waals surface area contributed by atoms with E-state index in [2.05, 4.69) is 6.92 Å². The van der Waals surface area contributed by atoms with Crippen molar-refractivity contribution in [2.24, 2.45) is 5.73 Å². The second-order valence-electron chi connectivity index (χ2n) is 4.03. The largest absolute Gasteiger partial charge is 0.341 e. The van der Waals surface area contributed by atoms with Crippen LogP contribution >= 0.6 is 7.37 Å². The Bertz CT molecular complexity index is 263. The van der Waals surface area contributed by atoms with Crippen molar-refractivity contribution in [3.63, 3.8) is 0 Å². The minimum Gasteiger partial charge on any atom is -0.341 e. The van der Waals surface area contributed by atoms with Crippen molar-refractivity contribution >= 4 is 7.37 Å². The lowest BCUT2D eigenvalue weighted by Gasteiger charge is -2.13. The molecule has 2 unspecified atom stereocenters. The van der Waals surface area contributed by atoms with E-state index in [0.717, 1.165) is 25.7 Å². The first-order valence-electron chi connectivity index (χ1n) is 5.33. The van der Waals surface area contributed by atoms with E-state index >= 15 is 0 Å². The van der Waals surface area contributed by atoms with Gasteiger partial charge in [0.15, 0.2) is 0 Å². The predicted molar refractivity (Wildman–Crippen MR) is 59.5 cm³/mol. The van der Waals surface area contributed by atoms with E-state index in [1.165, 1.54) is 0 Å². The Labute approximate surface area is 85.8 Å². The first-order chi connectivity index (χ1) is 6.56. The zero-order chi connectivity index (χ0) is 10.6. The van der Waals surface area contributed by atoms with Crippen LogP contribution in [0.4, 0.5) is 0 Å². The van der Waals surface area contributed by atoms with Gasteiger partial charge in [-0.15, -0.1) is 0 Å². The zero-order valence-electron chi connectivity index (χ0n) is 8.78. The van der Waals surface area contributed by atoms with Gasteiger partial charge in [0.2, 0.25) is 7.37 Å². The molecular formula is C10H20NO2P. The number of nitrogens with two attached hydrogens (primary N) is 1. The molecule has 0 bridgehead atoms. The van der Waals surface area contributed by atoms with Crippen LogP contribution in [0.15, 0.2) is 11.4 Å². The van der Waals surface area contributed by atoms with E-state index in [1.54, 1.807) is 0 Å².